The van der Waals surface area contributed by atoms with Gasteiger partial charge in [-0.15, -0.1) is 0 Å². The lowest BCUT2D eigenvalue weighted by molar-refractivity contribution is -0.135. The fourth-order valence-electron chi connectivity index (χ4n) is 4.44. The molecular weight excluding hydrogens is 437 g/mol. The molecule has 1 atom stereocenters. The van der Waals surface area contributed by atoms with Crippen molar-refractivity contribution in [3.63, 3.8) is 0 Å². The number of aliphatic hydroxyl groups excluding tert-OH is 1. The molecule has 4 rings (SSSR count). The van der Waals surface area contributed by atoms with Crippen molar-refractivity contribution in [3.05, 3.63) is 59.9 Å². The minimum absolute atomic E-state index is 0.137. The van der Waals surface area contributed by atoms with Crippen LogP contribution in [0.1, 0.15) is 12.0 Å². The molecule has 0 aliphatic carbocycles. The number of ether oxygens (including phenoxy) is 2. The van der Waals surface area contributed by atoms with Gasteiger partial charge in [-0.1, -0.05) is 18.2 Å². The van der Waals surface area contributed by atoms with E-state index in [1.165, 1.54) is 12.1 Å². The second kappa shape index (κ2) is 12.1. The molecule has 0 aromatic heterocycles. The highest BCUT2D eigenvalue weighted by Gasteiger charge is 2.21. The number of rotatable bonds is 9. The number of hydrogen-bond acceptors (Lipinski definition) is 6. The van der Waals surface area contributed by atoms with Gasteiger partial charge in [-0.2, -0.15) is 0 Å². The largest absolute Gasteiger partial charge is 0.491 e. The molecule has 8 heteroatoms. The average molecular weight is 472 g/mol. The summed E-state index contributed by atoms with van der Waals surface area (Å²) >= 11 is 0. The number of morpholine rings is 1. The number of para-hydroxylation sites is 1. The molecule has 184 valence electrons. The van der Waals surface area contributed by atoms with Crippen molar-refractivity contribution in [2.45, 2.75) is 18.9 Å². The van der Waals surface area contributed by atoms with Gasteiger partial charge in [0.05, 0.1) is 13.2 Å². The van der Waals surface area contributed by atoms with Crippen LogP contribution in [0.3, 0.4) is 0 Å². The van der Waals surface area contributed by atoms with Crippen LogP contribution >= 0.6 is 0 Å². The monoisotopic (exact) mass is 471 g/mol. The topological polar surface area (TPSA) is 65.5 Å². The van der Waals surface area contributed by atoms with Crippen molar-refractivity contribution in [3.8, 4) is 5.75 Å². The summed E-state index contributed by atoms with van der Waals surface area (Å²) in [6.07, 6.45) is 0.426. The Morgan fingerprint density at radius 3 is 2.44 bits per heavy atom. The van der Waals surface area contributed by atoms with Crippen LogP contribution in [0.5, 0.6) is 5.75 Å². The highest BCUT2D eigenvalue weighted by Crippen LogP contribution is 2.21. The second-order valence-electron chi connectivity index (χ2n) is 8.83. The fourth-order valence-corrected chi connectivity index (χ4v) is 4.44. The van der Waals surface area contributed by atoms with Crippen LogP contribution in [-0.2, 0) is 16.0 Å². The van der Waals surface area contributed by atoms with Crippen molar-refractivity contribution in [1.29, 1.82) is 0 Å². The molecule has 1 amide bonds. The summed E-state index contributed by atoms with van der Waals surface area (Å²) in [6, 6.07) is 14.3. The first-order valence-corrected chi connectivity index (χ1v) is 12.1. The molecule has 34 heavy (non-hydrogen) atoms. The van der Waals surface area contributed by atoms with Crippen LogP contribution < -0.4 is 9.64 Å². The van der Waals surface area contributed by atoms with Crippen LogP contribution in [0.25, 0.3) is 0 Å². The zero-order chi connectivity index (χ0) is 23.8. The van der Waals surface area contributed by atoms with E-state index in [0.29, 0.717) is 45.7 Å². The molecule has 2 aliphatic rings. The second-order valence-corrected chi connectivity index (χ2v) is 8.83. The minimum atomic E-state index is -0.611. The first-order valence-electron chi connectivity index (χ1n) is 12.1. The molecule has 0 spiro atoms. The maximum atomic E-state index is 13.1. The van der Waals surface area contributed by atoms with E-state index in [9.17, 15) is 14.3 Å². The Balaban J connectivity index is 1.20. The number of hydrogen-bond donors (Lipinski definition) is 1. The maximum absolute atomic E-state index is 13.1. The molecule has 2 fully saturated rings. The lowest BCUT2D eigenvalue weighted by Gasteiger charge is -2.36. The van der Waals surface area contributed by atoms with Crippen LogP contribution in [0.15, 0.2) is 48.5 Å². The third-order valence-corrected chi connectivity index (χ3v) is 6.41. The summed E-state index contributed by atoms with van der Waals surface area (Å²) in [5.74, 6) is 0.631. The van der Waals surface area contributed by atoms with E-state index in [2.05, 4.69) is 9.80 Å². The average Bonchev–Trinajstić information content (AvgIpc) is 2.88. The van der Waals surface area contributed by atoms with Gasteiger partial charge < -0.3 is 24.4 Å². The van der Waals surface area contributed by atoms with Gasteiger partial charge in [0.1, 0.15) is 24.3 Å². The van der Waals surface area contributed by atoms with E-state index >= 15 is 0 Å². The van der Waals surface area contributed by atoms with Crippen molar-refractivity contribution in [2.75, 3.05) is 70.5 Å². The molecule has 1 unspecified atom stereocenters. The molecule has 1 N–H and O–H groups in total. The summed E-state index contributed by atoms with van der Waals surface area (Å²) < 4.78 is 24.4. The molecule has 0 bridgehead atoms. The van der Waals surface area contributed by atoms with Crippen molar-refractivity contribution in [2.24, 2.45) is 0 Å². The summed E-state index contributed by atoms with van der Waals surface area (Å²) in [4.78, 5) is 18.8. The fraction of sp³-hybridized carbons (Fsp3) is 0.500. The first kappa shape index (κ1) is 24.4. The highest BCUT2D eigenvalue weighted by atomic mass is 19.1. The molecule has 0 radical (unpaired) electrons. The number of carbonyl (C=O) groups is 1. The number of amides is 1. The Morgan fingerprint density at radius 2 is 1.71 bits per heavy atom. The maximum Gasteiger partial charge on any atom is 0.223 e. The van der Waals surface area contributed by atoms with Gasteiger partial charge in [0, 0.05) is 57.9 Å². The standard InChI is InChI=1S/C26H34FN3O4/c27-22-6-8-23(9-7-22)29-13-11-28(12-14-29)19-24(31)20-34-25-4-2-1-3-21(25)5-10-26(32)30-15-17-33-18-16-30/h1-4,6-9,24,31H,5,10-20H2. The lowest BCUT2D eigenvalue weighted by atomic mass is 10.1. The third kappa shape index (κ3) is 6.91. The SMILES string of the molecule is O=C(CCc1ccccc1OCC(O)CN1CCN(c2ccc(F)cc2)CC1)N1CCOCC1. The molecule has 2 heterocycles. The Kier molecular flexibility index (Phi) is 8.73. The van der Waals surface area contributed by atoms with E-state index in [-0.39, 0.29) is 18.3 Å². The van der Waals surface area contributed by atoms with Crippen LogP contribution in [-0.4, -0.2) is 92.6 Å². The number of benzene rings is 2. The highest BCUT2D eigenvalue weighted by molar-refractivity contribution is 5.76. The van der Waals surface area contributed by atoms with E-state index < -0.39 is 6.10 Å². The van der Waals surface area contributed by atoms with E-state index in [1.54, 1.807) is 12.1 Å². The number of anilines is 1. The minimum Gasteiger partial charge on any atom is -0.491 e. The lowest BCUT2D eigenvalue weighted by Crippen LogP contribution is -2.49. The smallest absolute Gasteiger partial charge is 0.223 e. The predicted molar refractivity (Wildman–Crippen MR) is 129 cm³/mol. The van der Waals surface area contributed by atoms with Gasteiger partial charge >= 0.3 is 0 Å². The van der Waals surface area contributed by atoms with Gasteiger partial charge in [0.2, 0.25) is 5.91 Å². The number of halogens is 1. The zero-order valence-corrected chi connectivity index (χ0v) is 19.6. The number of β-amino-alcohol motifs (C(OH)–C–C–N with tert-alkyl or cyclic N) is 1. The Morgan fingerprint density at radius 1 is 1.00 bits per heavy atom. The van der Waals surface area contributed by atoms with Crippen molar-refractivity contribution >= 4 is 11.6 Å². The van der Waals surface area contributed by atoms with Crippen LogP contribution in [0.4, 0.5) is 10.1 Å². The Hall–Kier alpha value is -2.68. The molecule has 2 saturated heterocycles. The molecule has 7 nitrogen and oxygen atoms in total. The molecular formula is C26H34FN3O4. The third-order valence-electron chi connectivity index (χ3n) is 6.41. The zero-order valence-electron chi connectivity index (χ0n) is 19.6. The predicted octanol–water partition coefficient (Wildman–Crippen LogP) is 2.18. The van der Waals surface area contributed by atoms with E-state index in [4.69, 9.17) is 9.47 Å². The number of nitrogens with zero attached hydrogens (tertiary/aromatic N) is 3. The summed E-state index contributed by atoms with van der Waals surface area (Å²) in [7, 11) is 0. The molecule has 2 aromatic carbocycles. The van der Waals surface area contributed by atoms with Gasteiger partial charge in [-0.05, 0) is 42.3 Å². The van der Waals surface area contributed by atoms with E-state index in [1.807, 2.05) is 29.2 Å². The number of piperazine rings is 1. The first-order chi connectivity index (χ1) is 16.6. The van der Waals surface area contributed by atoms with Crippen LogP contribution in [0.2, 0.25) is 0 Å². The van der Waals surface area contributed by atoms with Gasteiger partial charge in [0.25, 0.3) is 0 Å². The number of aryl methyl sites for hydroxylation is 1. The summed E-state index contributed by atoms with van der Waals surface area (Å²) in [5, 5.41) is 10.6. The van der Waals surface area contributed by atoms with Crippen molar-refractivity contribution in [1.82, 2.24) is 9.80 Å². The van der Waals surface area contributed by atoms with Gasteiger partial charge in [-0.25, -0.2) is 4.39 Å². The summed E-state index contributed by atoms with van der Waals surface area (Å²) in [6.45, 7) is 6.57. The molecule has 0 saturated carbocycles. The Labute approximate surface area is 200 Å². The van der Waals surface area contributed by atoms with Gasteiger partial charge in [-0.3, -0.25) is 9.69 Å². The van der Waals surface area contributed by atoms with Crippen molar-refractivity contribution < 1.29 is 23.8 Å². The number of carbonyl (C=O) groups excluding carboxylic acids is 1. The molecule has 2 aromatic rings. The Bertz CT molecular complexity index is 913. The quantitative estimate of drug-likeness (QED) is 0.605. The normalized spacial score (nSPS) is 18.1. The summed E-state index contributed by atoms with van der Waals surface area (Å²) in [5.41, 5.74) is 2.00. The van der Waals surface area contributed by atoms with Gasteiger partial charge in [0.15, 0.2) is 0 Å². The molecule has 2 aliphatic heterocycles. The number of aliphatic hydroxyl groups is 1. The van der Waals surface area contributed by atoms with Crippen LogP contribution in [0, 0.1) is 5.82 Å². The van der Waals surface area contributed by atoms with E-state index in [0.717, 1.165) is 43.2 Å².